The minimum Gasteiger partial charge on any atom is -0.481 e. The predicted molar refractivity (Wildman–Crippen MR) is 62.9 cm³/mol. The Bertz CT molecular complexity index is 327. The van der Waals surface area contributed by atoms with Crippen LogP contribution in [0.4, 0.5) is 0 Å². The lowest BCUT2D eigenvalue weighted by atomic mass is 9.90. The van der Waals surface area contributed by atoms with E-state index in [1.807, 2.05) is 0 Å². The number of hydrogen-bond donors (Lipinski definition) is 2. The summed E-state index contributed by atoms with van der Waals surface area (Å²) >= 11 is 0. The molecule has 1 aliphatic carbocycles. The maximum atomic E-state index is 11.0. The summed E-state index contributed by atoms with van der Waals surface area (Å²) in [5.41, 5.74) is 1.44. The van der Waals surface area contributed by atoms with Crippen molar-refractivity contribution in [2.24, 2.45) is 23.2 Å². The van der Waals surface area contributed by atoms with E-state index in [0.29, 0.717) is 11.8 Å². The Kier molecular flexibility index (Phi) is 2.72. The molecule has 1 heterocycles. The first-order chi connectivity index (χ1) is 7.37. The van der Waals surface area contributed by atoms with Gasteiger partial charge in [0.2, 0.25) is 0 Å². The molecule has 0 aromatic carbocycles. The average Bonchev–Trinajstić information content (AvgIpc) is 2.64. The number of aliphatic carboxylic acids is 1. The Morgan fingerprint density at radius 2 is 2.12 bits per heavy atom. The molecule has 1 aliphatic heterocycles. The summed E-state index contributed by atoms with van der Waals surface area (Å²) in [4.78, 5) is 11.0. The summed E-state index contributed by atoms with van der Waals surface area (Å²) in [6.45, 7) is 7.49. The van der Waals surface area contributed by atoms with Gasteiger partial charge in [-0.3, -0.25) is 4.79 Å². The molecule has 90 valence electrons. The third-order valence-electron chi connectivity index (χ3n) is 3.60. The summed E-state index contributed by atoms with van der Waals surface area (Å²) in [6.07, 6.45) is 3.92. The fourth-order valence-corrected chi connectivity index (χ4v) is 2.94. The van der Waals surface area contributed by atoms with Gasteiger partial charge in [-0.1, -0.05) is 26.8 Å². The minimum atomic E-state index is -0.621. The van der Waals surface area contributed by atoms with Crippen molar-refractivity contribution in [1.29, 1.82) is 0 Å². The summed E-state index contributed by atoms with van der Waals surface area (Å²) in [5, 5.41) is 12.5. The maximum absolute atomic E-state index is 11.0. The Hall–Kier alpha value is -0.990. The molecule has 0 aromatic heterocycles. The van der Waals surface area contributed by atoms with Crippen LogP contribution in [-0.2, 0) is 4.79 Å². The monoisotopic (exact) mass is 223 g/mol. The second kappa shape index (κ2) is 3.79. The van der Waals surface area contributed by atoms with E-state index in [4.69, 9.17) is 5.11 Å². The first kappa shape index (κ1) is 11.5. The molecule has 2 aliphatic rings. The third kappa shape index (κ3) is 2.23. The first-order valence-electron chi connectivity index (χ1n) is 6.06. The zero-order valence-electron chi connectivity index (χ0n) is 10.3. The second-order valence-corrected chi connectivity index (χ2v) is 6.22. The quantitative estimate of drug-likeness (QED) is 0.716. The number of carboxylic acid groups (broad SMARTS) is 1. The maximum Gasteiger partial charge on any atom is 0.306 e. The standard InChI is InChI=1S/C13H21NO2/c1-13(2,3)6-11-10-5-8(12(15)16)4-9(10)7-14-11/h6,8-10,14H,4-5,7H2,1-3H3,(H,15,16)/b11-6-. The van der Waals surface area contributed by atoms with Crippen LogP contribution in [0.1, 0.15) is 33.6 Å². The number of allylic oxidation sites excluding steroid dienone is 2. The third-order valence-corrected chi connectivity index (χ3v) is 3.60. The van der Waals surface area contributed by atoms with E-state index in [1.165, 1.54) is 5.70 Å². The molecule has 0 aromatic rings. The molecule has 0 spiro atoms. The summed E-state index contributed by atoms with van der Waals surface area (Å²) in [6, 6.07) is 0. The molecule has 0 radical (unpaired) electrons. The van der Waals surface area contributed by atoms with Crippen LogP contribution in [0.3, 0.4) is 0 Å². The number of nitrogens with one attached hydrogen (secondary N) is 1. The van der Waals surface area contributed by atoms with Crippen molar-refractivity contribution in [2.75, 3.05) is 6.54 Å². The number of fused-ring (bicyclic) bond motifs is 1. The van der Waals surface area contributed by atoms with Crippen molar-refractivity contribution in [1.82, 2.24) is 5.32 Å². The van der Waals surface area contributed by atoms with E-state index in [-0.39, 0.29) is 11.3 Å². The molecule has 1 saturated heterocycles. The number of carboxylic acids is 1. The lowest BCUT2D eigenvalue weighted by molar-refractivity contribution is -0.141. The van der Waals surface area contributed by atoms with E-state index in [0.717, 1.165) is 19.4 Å². The molecular weight excluding hydrogens is 202 g/mol. The molecule has 2 fully saturated rings. The van der Waals surface area contributed by atoms with Gasteiger partial charge in [-0.25, -0.2) is 0 Å². The number of carbonyl (C=O) groups is 1. The van der Waals surface area contributed by atoms with Crippen LogP contribution in [0.25, 0.3) is 0 Å². The fourth-order valence-electron chi connectivity index (χ4n) is 2.94. The molecule has 0 bridgehead atoms. The predicted octanol–water partition coefficient (Wildman–Crippen LogP) is 2.25. The molecule has 16 heavy (non-hydrogen) atoms. The van der Waals surface area contributed by atoms with Gasteiger partial charge in [0.05, 0.1) is 5.92 Å². The van der Waals surface area contributed by atoms with Crippen LogP contribution in [0.15, 0.2) is 11.8 Å². The van der Waals surface area contributed by atoms with Crippen molar-refractivity contribution < 1.29 is 9.90 Å². The summed E-state index contributed by atoms with van der Waals surface area (Å²) in [7, 11) is 0. The van der Waals surface area contributed by atoms with E-state index in [1.54, 1.807) is 0 Å². The van der Waals surface area contributed by atoms with Gasteiger partial charge in [0.15, 0.2) is 0 Å². The van der Waals surface area contributed by atoms with Crippen molar-refractivity contribution in [3.8, 4) is 0 Å². The zero-order chi connectivity index (χ0) is 11.9. The molecule has 3 heteroatoms. The Labute approximate surface area is 96.9 Å². The van der Waals surface area contributed by atoms with Gasteiger partial charge >= 0.3 is 5.97 Å². The SMILES string of the molecule is CC(C)(C)/C=C1\NCC2CC(C(=O)O)CC12. The van der Waals surface area contributed by atoms with E-state index >= 15 is 0 Å². The Morgan fingerprint density at radius 3 is 2.69 bits per heavy atom. The van der Waals surface area contributed by atoms with E-state index in [2.05, 4.69) is 32.2 Å². The van der Waals surface area contributed by atoms with Crippen molar-refractivity contribution in [3.63, 3.8) is 0 Å². The lowest BCUT2D eigenvalue weighted by Gasteiger charge is -2.17. The van der Waals surface area contributed by atoms with E-state index in [9.17, 15) is 4.79 Å². The molecule has 1 saturated carbocycles. The largest absolute Gasteiger partial charge is 0.481 e. The molecule has 0 amide bonds. The van der Waals surface area contributed by atoms with Crippen LogP contribution in [0.5, 0.6) is 0 Å². The molecule has 2 rings (SSSR count). The minimum absolute atomic E-state index is 0.125. The van der Waals surface area contributed by atoms with Crippen LogP contribution < -0.4 is 5.32 Å². The highest BCUT2D eigenvalue weighted by Crippen LogP contribution is 2.44. The van der Waals surface area contributed by atoms with Gasteiger partial charge in [-0.2, -0.15) is 0 Å². The van der Waals surface area contributed by atoms with Crippen molar-refractivity contribution in [3.05, 3.63) is 11.8 Å². The normalized spacial score (nSPS) is 36.2. The van der Waals surface area contributed by atoms with Crippen LogP contribution in [0, 0.1) is 23.2 Å². The molecule has 3 atom stereocenters. The van der Waals surface area contributed by atoms with E-state index < -0.39 is 5.97 Å². The summed E-state index contributed by atoms with van der Waals surface area (Å²) < 4.78 is 0. The number of rotatable bonds is 1. The average molecular weight is 223 g/mol. The first-order valence-corrected chi connectivity index (χ1v) is 6.06. The molecular formula is C13H21NO2. The summed E-state index contributed by atoms with van der Waals surface area (Å²) in [5.74, 6) is 0.250. The highest BCUT2D eigenvalue weighted by Gasteiger charge is 2.43. The number of hydrogen-bond acceptors (Lipinski definition) is 2. The van der Waals surface area contributed by atoms with Crippen LogP contribution >= 0.6 is 0 Å². The molecule has 3 unspecified atom stereocenters. The lowest BCUT2D eigenvalue weighted by Crippen LogP contribution is -2.17. The second-order valence-electron chi connectivity index (χ2n) is 6.22. The van der Waals surface area contributed by atoms with Crippen LogP contribution in [-0.4, -0.2) is 17.6 Å². The Morgan fingerprint density at radius 1 is 1.44 bits per heavy atom. The highest BCUT2D eigenvalue weighted by molar-refractivity contribution is 5.70. The fraction of sp³-hybridized carbons (Fsp3) is 0.769. The van der Waals surface area contributed by atoms with Crippen LogP contribution in [0.2, 0.25) is 0 Å². The van der Waals surface area contributed by atoms with Gasteiger partial charge in [-0.05, 0) is 24.2 Å². The van der Waals surface area contributed by atoms with Gasteiger partial charge in [0, 0.05) is 18.2 Å². The Balaban J connectivity index is 2.11. The molecule has 3 nitrogen and oxygen atoms in total. The van der Waals surface area contributed by atoms with Gasteiger partial charge in [-0.15, -0.1) is 0 Å². The molecule has 2 N–H and O–H groups in total. The van der Waals surface area contributed by atoms with Crippen molar-refractivity contribution in [2.45, 2.75) is 33.6 Å². The van der Waals surface area contributed by atoms with Gasteiger partial charge in [0.25, 0.3) is 0 Å². The smallest absolute Gasteiger partial charge is 0.306 e. The van der Waals surface area contributed by atoms with Gasteiger partial charge in [0.1, 0.15) is 0 Å². The van der Waals surface area contributed by atoms with Gasteiger partial charge < -0.3 is 10.4 Å². The topological polar surface area (TPSA) is 49.3 Å². The van der Waals surface area contributed by atoms with Crippen molar-refractivity contribution >= 4 is 5.97 Å². The zero-order valence-corrected chi connectivity index (χ0v) is 10.3. The highest BCUT2D eigenvalue weighted by atomic mass is 16.4.